The van der Waals surface area contributed by atoms with Crippen molar-refractivity contribution >= 4 is 5.69 Å². The number of halogens is 1. The molecule has 86 valence electrons. The van der Waals surface area contributed by atoms with Crippen molar-refractivity contribution in [3.05, 3.63) is 29.6 Å². The first-order chi connectivity index (χ1) is 7.54. The van der Waals surface area contributed by atoms with Crippen LogP contribution in [0.15, 0.2) is 18.2 Å². The maximum absolute atomic E-state index is 13.6. The predicted molar refractivity (Wildman–Crippen MR) is 63.7 cm³/mol. The molecular weight excluding hydrogens is 203 g/mol. The van der Waals surface area contributed by atoms with Crippen LogP contribution in [0.4, 0.5) is 10.1 Å². The minimum Gasteiger partial charge on any atom is -0.378 e. The Morgan fingerprint density at radius 1 is 1.38 bits per heavy atom. The van der Waals surface area contributed by atoms with Gasteiger partial charge in [-0.1, -0.05) is 13.8 Å². The first-order valence-electron chi connectivity index (χ1n) is 5.52. The normalized spacial score (nSPS) is 10.9. The van der Waals surface area contributed by atoms with Crippen LogP contribution in [-0.2, 0) is 0 Å². The molecule has 0 bridgehead atoms. The third-order valence-electron chi connectivity index (χ3n) is 3.10. The van der Waals surface area contributed by atoms with E-state index in [1.165, 1.54) is 6.07 Å². The molecule has 0 spiro atoms. The Morgan fingerprint density at radius 3 is 2.44 bits per heavy atom. The van der Waals surface area contributed by atoms with Gasteiger partial charge in [-0.3, -0.25) is 0 Å². The lowest BCUT2D eigenvalue weighted by atomic mass is 9.95. The van der Waals surface area contributed by atoms with Gasteiger partial charge in [0.05, 0.1) is 17.3 Å². The molecule has 0 amide bonds. The molecule has 1 N–H and O–H groups in total. The van der Waals surface area contributed by atoms with Crippen LogP contribution in [0.1, 0.15) is 39.2 Å². The monoisotopic (exact) mass is 220 g/mol. The van der Waals surface area contributed by atoms with Crippen LogP contribution in [0.5, 0.6) is 0 Å². The summed E-state index contributed by atoms with van der Waals surface area (Å²) >= 11 is 0. The average Bonchev–Trinajstić information content (AvgIpc) is 2.31. The Hall–Kier alpha value is -1.56. The van der Waals surface area contributed by atoms with Crippen LogP contribution < -0.4 is 5.32 Å². The summed E-state index contributed by atoms with van der Waals surface area (Å²) in [4.78, 5) is 0. The van der Waals surface area contributed by atoms with E-state index in [0.29, 0.717) is 11.3 Å². The molecule has 0 heterocycles. The van der Waals surface area contributed by atoms with Gasteiger partial charge in [-0.25, -0.2) is 4.39 Å². The Bertz CT molecular complexity index is 403. The molecule has 1 rings (SSSR count). The smallest absolute Gasteiger partial charge is 0.147 e. The fraction of sp³-hybridized carbons (Fsp3) is 0.462. The lowest BCUT2D eigenvalue weighted by Crippen LogP contribution is -2.33. The zero-order valence-electron chi connectivity index (χ0n) is 9.97. The largest absolute Gasteiger partial charge is 0.378 e. The van der Waals surface area contributed by atoms with Crippen molar-refractivity contribution < 1.29 is 4.39 Å². The maximum Gasteiger partial charge on any atom is 0.147 e. The number of nitrogens with zero attached hydrogens (tertiary/aromatic N) is 1. The molecule has 0 aromatic heterocycles. The van der Waals surface area contributed by atoms with Gasteiger partial charge in [0, 0.05) is 5.54 Å². The van der Waals surface area contributed by atoms with E-state index in [9.17, 15) is 4.39 Å². The number of benzene rings is 1. The number of anilines is 1. The highest BCUT2D eigenvalue weighted by molar-refractivity contribution is 5.50. The summed E-state index contributed by atoms with van der Waals surface area (Å²) in [5, 5.41) is 11.8. The van der Waals surface area contributed by atoms with Crippen molar-refractivity contribution in [1.82, 2.24) is 0 Å². The average molecular weight is 220 g/mol. The molecule has 0 saturated heterocycles. The van der Waals surface area contributed by atoms with Crippen LogP contribution in [0, 0.1) is 17.1 Å². The van der Waals surface area contributed by atoms with Gasteiger partial charge < -0.3 is 5.32 Å². The highest BCUT2D eigenvalue weighted by atomic mass is 19.1. The molecule has 0 aliphatic heterocycles. The highest BCUT2D eigenvalue weighted by Gasteiger charge is 2.20. The van der Waals surface area contributed by atoms with E-state index in [1.54, 1.807) is 12.1 Å². The van der Waals surface area contributed by atoms with Crippen molar-refractivity contribution in [3.63, 3.8) is 0 Å². The quantitative estimate of drug-likeness (QED) is 0.840. The summed E-state index contributed by atoms with van der Waals surface area (Å²) in [7, 11) is 0. The number of nitrogens with one attached hydrogen (secondary N) is 1. The summed E-state index contributed by atoms with van der Waals surface area (Å²) in [6.45, 7) is 6.20. The Kier molecular flexibility index (Phi) is 3.89. The molecule has 16 heavy (non-hydrogen) atoms. The topological polar surface area (TPSA) is 35.8 Å². The summed E-state index contributed by atoms with van der Waals surface area (Å²) in [5.74, 6) is -0.368. The molecule has 0 radical (unpaired) electrons. The van der Waals surface area contributed by atoms with Crippen molar-refractivity contribution in [2.24, 2.45) is 0 Å². The molecule has 1 aromatic rings. The fourth-order valence-electron chi connectivity index (χ4n) is 1.44. The second-order valence-corrected chi connectivity index (χ2v) is 4.20. The zero-order valence-corrected chi connectivity index (χ0v) is 9.97. The summed E-state index contributed by atoms with van der Waals surface area (Å²) < 4.78 is 13.6. The van der Waals surface area contributed by atoms with E-state index in [2.05, 4.69) is 26.1 Å². The third kappa shape index (κ3) is 2.73. The van der Waals surface area contributed by atoms with E-state index in [0.717, 1.165) is 12.8 Å². The van der Waals surface area contributed by atoms with Gasteiger partial charge in [0.1, 0.15) is 5.82 Å². The zero-order chi connectivity index (χ0) is 12.2. The minimum absolute atomic E-state index is 0.102. The van der Waals surface area contributed by atoms with Crippen molar-refractivity contribution in [3.8, 4) is 6.07 Å². The molecule has 0 unspecified atom stereocenters. The summed E-state index contributed by atoms with van der Waals surface area (Å²) in [6.07, 6.45) is 1.84. The number of nitriles is 1. The third-order valence-corrected chi connectivity index (χ3v) is 3.10. The van der Waals surface area contributed by atoms with Gasteiger partial charge in [0.25, 0.3) is 0 Å². The van der Waals surface area contributed by atoms with Crippen molar-refractivity contribution in [2.45, 2.75) is 39.2 Å². The Morgan fingerprint density at radius 2 is 2.00 bits per heavy atom. The number of hydrogen-bond donors (Lipinski definition) is 1. The molecule has 0 saturated carbocycles. The summed E-state index contributed by atoms with van der Waals surface area (Å²) in [5.41, 5.74) is 0.706. The second-order valence-electron chi connectivity index (χ2n) is 4.20. The van der Waals surface area contributed by atoms with Crippen LogP contribution >= 0.6 is 0 Å². The van der Waals surface area contributed by atoms with Crippen molar-refractivity contribution in [1.29, 1.82) is 5.26 Å². The highest BCUT2D eigenvalue weighted by Crippen LogP contribution is 2.24. The fourth-order valence-corrected chi connectivity index (χ4v) is 1.44. The lowest BCUT2D eigenvalue weighted by Gasteiger charge is -2.29. The SMILES string of the molecule is CCC(C)(CC)Nc1ccc(C#N)cc1F. The predicted octanol–water partition coefficient (Wildman–Crippen LogP) is 3.69. The van der Waals surface area contributed by atoms with E-state index in [1.807, 2.05) is 6.07 Å². The van der Waals surface area contributed by atoms with E-state index in [4.69, 9.17) is 5.26 Å². The van der Waals surface area contributed by atoms with E-state index >= 15 is 0 Å². The standard InChI is InChI=1S/C13H17FN2/c1-4-13(3,5-2)16-12-7-6-10(9-15)8-11(12)14/h6-8,16H,4-5H2,1-3H3. The van der Waals surface area contributed by atoms with Crippen LogP contribution in [-0.4, -0.2) is 5.54 Å². The molecule has 2 nitrogen and oxygen atoms in total. The van der Waals surface area contributed by atoms with Gasteiger partial charge in [-0.2, -0.15) is 5.26 Å². The van der Waals surface area contributed by atoms with Crippen molar-refractivity contribution in [2.75, 3.05) is 5.32 Å². The lowest BCUT2D eigenvalue weighted by molar-refractivity contribution is 0.474. The van der Waals surface area contributed by atoms with Crippen LogP contribution in [0.3, 0.4) is 0 Å². The Balaban J connectivity index is 2.94. The van der Waals surface area contributed by atoms with Gasteiger partial charge in [0.15, 0.2) is 0 Å². The maximum atomic E-state index is 13.6. The Labute approximate surface area is 96.1 Å². The summed E-state index contributed by atoms with van der Waals surface area (Å²) in [6, 6.07) is 6.42. The first-order valence-corrected chi connectivity index (χ1v) is 5.52. The van der Waals surface area contributed by atoms with Gasteiger partial charge >= 0.3 is 0 Å². The molecule has 0 fully saturated rings. The molecule has 0 aliphatic carbocycles. The molecule has 3 heteroatoms. The molecule has 0 aliphatic rings. The number of hydrogen-bond acceptors (Lipinski definition) is 2. The van der Waals surface area contributed by atoms with Gasteiger partial charge in [-0.05, 0) is 38.0 Å². The van der Waals surface area contributed by atoms with E-state index < -0.39 is 0 Å². The number of rotatable bonds is 4. The molecular formula is C13H17FN2. The van der Waals surface area contributed by atoms with E-state index in [-0.39, 0.29) is 11.4 Å². The first kappa shape index (κ1) is 12.5. The minimum atomic E-state index is -0.368. The van der Waals surface area contributed by atoms with Gasteiger partial charge in [-0.15, -0.1) is 0 Å². The van der Waals surface area contributed by atoms with Gasteiger partial charge in [0.2, 0.25) is 0 Å². The van der Waals surface area contributed by atoms with Crippen LogP contribution in [0.2, 0.25) is 0 Å². The van der Waals surface area contributed by atoms with Crippen LogP contribution in [0.25, 0.3) is 0 Å². The molecule has 1 aromatic carbocycles. The second kappa shape index (κ2) is 4.98. The molecule has 0 atom stereocenters.